The molecule has 2 unspecified atom stereocenters. The molecule has 0 bridgehead atoms. The standard InChI is InChI=1S/C51H94N2O13/c1-14-16-17-18-19-20-21-22-23-24-25-26-39(54)53(12)38-27-33(4)62-47(41(38)55)65-45-34(5)42(64-40-29-49(10,61-13)44(57)37(8)63-40)35(6)46(58)66-50(15-2)31-51(50,60)43(56)36(7)52(11)30-32(3)28-48(45,9)59/h32-42,44-45,47,54-55,57,59-60H,14-31H2,1-13H3/t32-,33-,34+,35-,36-,37+,38+,39?,40-,41-,42+,44+,45-,47+,48-,49-,50?,51+/m1/s1. The van der Waals surface area contributed by atoms with Gasteiger partial charge in [-0.1, -0.05) is 91.9 Å². The van der Waals surface area contributed by atoms with Gasteiger partial charge in [0, 0.05) is 38.5 Å². The molecule has 4 fully saturated rings. The van der Waals surface area contributed by atoms with E-state index in [0.717, 1.165) is 19.3 Å². The second-order valence-corrected chi connectivity index (χ2v) is 21.8. The highest BCUT2D eigenvalue weighted by atomic mass is 16.7. The number of aliphatic hydroxyl groups excluding tert-OH is 3. The molecule has 66 heavy (non-hydrogen) atoms. The molecular formula is C51H94N2O13. The van der Waals surface area contributed by atoms with E-state index in [-0.39, 0.29) is 37.7 Å². The SMILES string of the molecule is CCCCCCCCCCCCCC(O)N(C)[C@H]1C[C@@H](C)O[C@@H](O[C@@H]2[C@@H](C)[C@H](O[C@@H]3C[C@@](C)(OC)[C@@H](O)[C@H](C)O3)[C@@H](C)C(=O)OC3(CC)C[C@]3(O)C(=O)[C@@H](C)N(C)C[C@H](C)C[C@@]2(C)O)[C@@H]1O. The zero-order valence-corrected chi connectivity index (χ0v) is 43.2. The third kappa shape index (κ3) is 13.7. The maximum Gasteiger partial charge on any atom is 0.311 e. The van der Waals surface area contributed by atoms with Crippen molar-refractivity contribution in [3.8, 4) is 0 Å². The number of carbonyl (C=O) groups excluding carboxylic acids is 2. The van der Waals surface area contributed by atoms with E-state index in [9.17, 15) is 35.1 Å². The summed E-state index contributed by atoms with van der Waals surface area (Å²) >= 11 is 0. The maximum atomic E-state index is 14.5. The molecular weight excluding hydrogens is 849 g/mol. The molecule has 3 heterocycles. The molecule has 4 rings (SSSR count). The van der Waals surface area contributed by atoms with Gasteiger partial charge in [0.2, 0.25) is 0 Å². The van der Waals surface area contributed by atoms with Crippen LogP contribution in [0.5, 0.6) is 0 Å². The van der Waals surface area contributed by atoms with Gasteiger partial charge in [-0.15, -0.1) is 0 Å². The van der Waals surface area contributed by atoms with Crippen LogP contribution in [-0.4, -0.2) is 165 Å². The lowest BCUT2D eigenvalue weighted by Crippen LogP contribution is -2.61. The highest BCUT2D eigenvalue weighted by molar-refractivity contribution is 5.97. The van der Waals surface area contributed by atoms with Gasteiger partial charge in [-0.05, 0) is 93.7 Å². The Morgan fingerprint density at radius 3 is 2.03 bits per heavy atom. The van der Waals surface area contributed by atoms with Crippen LogP contribution in [0.2, 0.25) is 0 Å². The zero-order chi connectivity index (χ0) is 49.4. The van der Waals surface area contributed by atoms with Crippen molar-refractivity contribution in [3.63, 3.8) is 0 Å². The number of methoxy groups -OCH3 is 1. The smallest absolute Gasteiger partial charge is 0.311 e. The third-order valence-corrected chi connectivity index (χ3v) is 16.1. The first-order chi connectivity index (χ1) is 30.9. The Bertz CT molecular complexity index is 1510. The molecule has 15 heteroatoms. The van der Waals surface area contributed by atoms with Crippen molar-refractivity contribution in [1.82, 2.24) is 9.80 Å². The number of ether oxygens (including phenoxy) is 6. The van der Waals surface area contributed by atoms with Crippen LogP contribution in [0.1, 0.15) is 178 Å². The maximum absolute atomic E-state index is 14.5. The highest BCUT2D eigenvalue weighted by Gasteiger charge is 2.74. The quantitative estimate of drug-likeness (QED) is 0.0521. The van der Waals surface area contributed by atoms with Gasteiger partial charge in [-0.3, -0.25) is 19.4 Å². The Balaban J connectivity index is 1.62. The number of aliphatic hydroxyl groups is 5. The number of likely N-dealkylation sites (N-methyl/N-ethyl adjacent to an activating group) is 2. The van der Waals surface area contributed by atoms with Gasteiger partial charge in [-0.2, -0.15) is 0 Å². The van der Waals surface area contributed by atoms with Crippen LogP contribution in [0, 0.1) is 17.8 Å². The van der Waals surface area contributed by atoms with Crippen LogP contribution in [0.4, 0.5) is 0 Å². The van der Waals surface area contributed by atoms with Gasteiger partial charge < -0.3 is 54.0 Å². The largest absolute Gasteiger partial charge is 0.455 e. The van der Waals surface area contributed by atoms with E-state index in [1.54, 1.807) is 48.6 Å². The lowest BCUT2D eigenvalue weighted by atomic mass is 9.77. The van der Waals surface area contributed by atoms with Crippen molar-refractivity contribution in [2.75, 3.05) is 27.7 Å². The molecule has 18 atom stereocenters. The van der Waals surface area contributed by atoms with Crippen molar-refractivity contribution in [2.45, 2.75) is 268 Å². The van der Waals surface area contributed by atoms with E-state index in [1.165, 1.54) is 58.5 Å². The summed E-state index contributed by atoms with van der Waals surface area (Å²) in [7, 11) is 5.12. The molecule has 0 spiro atoms. The Morgan fingerprint density at radius 1 is 0.864 bits per heavy atom. The minimum absolute atomic E-state index is 0.0326. The summed E-state index contributed by atoms with van der Waals surface area (Å²) in [5.74, 6) is -3.24. The monoisotopic (exact) mass is 943 g/mol. The van der Waals surface area contributed by atoms with Crippen LogP contribution in [0.25, 0.3) is 0 Å². The van der Waals surface area contributed by atoms with Gasteiger partial charge in [0.1, 0.15) is 18.4 Å². The van der Waals surface area contributed by atoms with Crippen molar-refractivity contribution in [1.29, 1.82) is 0 Å². The molecule has 0 amide bonds. The summed E-state index contributed by atoms with van der Waals surface area (Å²) in [5.41, 5.74) is -6.00. The summed E-state index contributed by atoms with van der Waals surface area (Å²) in [6, 6.07) is -1.25. The Morgan fingerprint density at radius 2 is 1.45 bits per heavy atom. The Kier molecular flexibility index (Phi) is 21.4. The summed E-state index contributed by atoms with van der Waals surface area (Å²) in [6.45, 7) is 18.6. The number of fused-ring (bicyclic) bond motifs is 1. The van der Waals surface area contributed by atoms with E-state index >= 15 is 0 Å². The number of hydrogen-bond donors (Lipinski definition) is 5. The molecule has 3 aliphatic heterocycles. The predicted octanol–water partition coefficient (Wildman–Crippen LogP) is 6.25. The third-order valence-electron chi connectivity index (χ3n) is 16.1. The second kappa shape index (κ2) is 24.7. The fourth-order valence-corrected chi connectivity index (χ4v) is 11.4. The van der Waals surface area contributed by atoms with Crippen molar-refractivity contribution >= 4 is 11.8 Å². The van der Waals surface area contributed by atoms with Gasteiger partial charge in [0.25, 0.3) is 0 Å². The lowest BCUT2D eigenvalue weighted by Gasteiger charge is -2.49. The van der Waals surface area contributed by atoms with Gasteiger partial charge in [0.05, 0.1) is 47.6 Å². The lowest BCUT2D eigenvalue weighted by molar-refractivity contribution is -0.319. The van der Waals surface area contributed by atoms with Crippen LogP contribution >= 0.6 is 0 Å². The average molecular weight is 943 g/mol. The molecule has 5 N–H and O–H groups in total. The first-order valence-electron chi connectivity index (χ1n) is 25.8. The molecule has 4 aliphatic rings. The van der Waals surface area contributed by atoms with E-state index in [0.29, 0.717) is 19.4 Å². The summed E-state index contributed by atoms with van der Waals surface area (Å²) < 4.78 is 38.2. The van der Waals surface area contributed by atoms with Gasteiger partial charge >= 0.3 is 5.97 Å². The Labute approximate surface area is 397 Å². The predicted molar refractivity (Wildman–Crippen MR) is 252 cm³/mol. The number of esters is 1. The molecule has 1 saturated carbocycles. The zero-order valence-electron chi connectivity index (χ0n) is 43.2. The van der Waals surface area contributed by atoms with Crippen molar-refractivity contribution in [2.24, 2.45) is 17.8 Å². The van der Waals surface area contributed by atoms with Crippen molar-refractivity contribution < 1.29 is 63.5 Å². The number of nitrogens with zero attached hydrogens (tertiary/aromatic N) is 2. The minimum atomic E-state index is -1.87. The molecule has 0 aromatic rings. The van der Waals surface area contributed by atoms with Crippen LogP contribution in [-0.2, 0) is 38.0 Å². The fourth-order valence-electron chi connectivity index (χ4n) is 11.4. The average Bonchev–Trinajstić information content (AvgIpc) is 3.88. The van der Waals surface area contributed by atoms with Gasteiger partial charge in [-0.25, -0.2) is 0 Å². The molecule has 0 aromatic heterocycles. The molecule has 1 aliphatic carbocycles. The number of carbonyl (C=O) groups is 2. The Hall–Kier alpha value is -1.34. The highest BCUT2D eigenvalue weighted by Crippen LogP contribution is 2.55. The van der Waals surface area contributed by atoms with Crippen molar-refractivity contribution in [3.05, 3.63) is 0 Å². The number of ketones is 1. The number of hydrogen-bond acceptors (Lipinski definition) is 15. The van der Waals surface area contributed by atoms with Crippen LogP contribution in [0.3, 0.4) is 0 Å². The molecule has 0 aromatic carbocycles. The first-order valence-corrected chi connectivity index (χ1v) is 25.8. The van der Waals surface area contributed by atoms with E-state index in [1.807, 2.05) is 37.6 Å². The fraction of sp³-hybridized carbons (Fsp3) is 0.961. The molecule has 3 saturated heterocycles. The topological polar surface area (TPSA) is 197 Å². The van der Waals surface area contributed by atoms with E-state index in [2.05, 4.69) is 6.92 Å². The number of unbranched alkanes of at least 4 members (excludes halogenated alkanes) is 10. The number of Topliss-reactive ketones (excluding diaryl/α,β-unsaturated/α-hetero) is 1. The second-order valence-electron chi connectivity index (χ2n) is 21.8. The molecule has 386 valence electrons. The minimum Gasteiger partial charge on any atom is -0.455 e. The number of rotatable bonds is 20. The van der Waals surface area contributed by atoms with E-state index in [4.69, 9.17) is 28.4 Å². The van der Waals surface area contributed by atoms with Crippen LogP contribution < -0.4 is 0 Å². The summed E-state index contributed by atoms with van der Waals surface area (Å²) in [5, 5.41) is 59.2. The molecule has 15 nitrogen and oxygen atoms in total. The summed E-state index contributed by atoms with van der Waals surface area (Å²) in [6.07, 6.45) is 6.23. The molecule has 0 radical (unpaired) electrons. The normalized spacial score (nSPS) is 42.6. The van der Waals surface area contributed by atoms with E-state index < -0.39 is 107 Å². The first kappa shape index (κ1) is 57.2. The summed E-state index contributed by atoms with van der Waals surface area (Å²) in [4.78, 5) is 32.1. The van der Waals surface area contributed by atoms with Crippen LogP contribution in [0.15, 0.2) is 0 Å². The van der Waals surface area contributed by atoms with Gasteiger partial charge in [0.15, 0.2) is 29.6 Å².